The first kappa shape index (κ1) is 19.8. The number of furan rings is 1. The highest BCUT2D eigenvalue weighted by molar-refractivity contribution is 7.14. The number of carbonyl (C=O) groups excluding carboxylic acids is 1. The molecule has 2 aromatic heterocycles. The summed E-state index contributed by atoms with van der Waals surface area (Å²) in [5.41, 5.74) is 2.45. The first-order valence-electron chi connectivity index (χ1n) is 9.39. The van der Waals surface area contributed by atoms with E-state index in [1.54, 1.807) is 30.3 Å². The molecule has 0 unspecified atom stereocenters. The lowest BCUT2D eigenvalue weighted by Gasteiger charge is -2.04. The van der Waals surface area contributed by atoms with Crippen molar-refractivity contribution in [3.63, 3.8) is 0 Å². The molecule has 0 radical (unpaired) electrons. The van der Waals surface area contributed by atoms with Gasteiger partial charge < -0.3 is 4.42 Å². The van der Waals surface area contributed by atoms with Crippen molar-refractivity contribution in [3.05, 3.63) is 94.0 Å². The van der Waals surface area contributed by atoms with E-state index in [-0.39, 0.29) is 11.7 Å². The Kier molecular flexibility index (Phi) is 5.24. The lowest BCUT2D eigenvalue weighted by Crippen LogP contribution is -2.10. The zero-order valence-corrected chi connectivity index (χ0v) is 18.3. The van der Waals surface area contributed by atoms with E-state index in [1.807, 2.05) is 29.6 Å². The van der Waals surface area contributed by atoms with Crippen LogP contribution < -0.4 is 5.32 Å². The number of fused-ring (bicyclic) bond motifs is 1. The van der Waals surface area contributed by atoms with Gasteiger partial charge in [-0.15, -0.1) is 11.3 Å². The average Bonchev–Trinajstić information content (AvgIpc) is 3.45. The van der Waals surface area contributed by atoms with Crippen molar-refractivity contribution in [1.82, 2.24) is 4.98 Å². The minimum atomic E-state index is -0.386. The number of rotatable bonds is 4. The van der Waals surface area contributed by atoms with Crippen molar-refractivity contribution >= 4 is 56.3 Å². The number of hydrogen-bond donors (Lipinski definition) is 1. The largest absolute Gasteiger partial charge is 0.451 e. The third kappa shape index (κ3) is 3.83. The highest BCUT2D eigenvalue weighted by Gasteiger charge is 2.17. The van der Waals surface area contributed by atoms with Gasteiger partial charge in [-0.25, -0.2) is 4.98 Å². The Labute approximate surface area is 192 Å². The van der Waals surface area contributed by atoms with Crippen LogP contribution in [-0.2, 0) is 0 Å². The number of carbonyl (C=O) groups is 1. The molecule has 0 saturated heterocycles. The molecule has 4 nitrogen and oxygen atoms in total. The molecule has 5 rings (SSSR count). The molecule has 1 amide bonds. The highest BCUT2D eigenvalue weighted by Crippen LogP contribution is 2.35. The molecular formula is C24H14Cl2N2O2S. The van der Waals surface area contributed by atoms with E-state index in [4.69, 9.17) is 27.6 Å². The second-order valence-electron chi connectivity index (χ2n) is 6.78. The highest BCUT2D eigenvalue weighted by atomic mass is 35.5. The summed E-state index contributed by atoms with van der Waals surface area (Å²) in [6.07, 6.45) is 0. The zero-order chi connectivity index (χ0) is 21.4. The van der Waals surface area contributed by atoms with Gasteiger partial charge in [-0.2, -0.15) is 0 Å². The number of nitrogens with zero attached hydrogens (tertiary/aromatic N) is 1. The van der Waals surface area contributed by atoms with Crippen LogP contribution in [0.1, 0.15) is 10.6 Å². The monoisotopic (exact) mass is 464 g/mol. The Balaban J connectivity index is 1.38. The van der Waals surface area contributed by atoms with Crippen LogP contribution in [0.25, 0.3) is 33.4 Å². The first-order chi connectivity index (χ1) is 15.1. The van der Waals surface area contributed by atoms with Crippen LogP contribution in [-0.4, -0.2) is 10.9 Å². The summed E-state index contributed by atoms with van der Waals surface area (Å²) in [6, 6.07) is 22.8. The summed E-state index contributed by atoms with van der Waals surface area (Å²) in [6.45, 7) is 0. The molecule has 3 aromatic carbocycles. The zero-order valence-electron chi connectivity index (χ0n) is 15.9. The molecule has 0 saturated carbocycles. The van der Waals surface area contributed by atoms with Crippen LogP contribution >= 0.6 is 34.5 Å². The van der Waals surface area contributed by atoms with Gasteiger partial charge in [0, 0.05) is 16.5 Å². The normalized spacial score (nSPS) is 11.0. The van der Waals surface area contributed by atoms with Crippen molar-refractivity contribution in [3.8, 4) is 22.6 Å². The van der Waals surface area contributed by atoms with Crippen LogP contribution in [0, 0.1) is 0 Å². The quantitative estimate of drug-likeness (QED) is 0.295. The fourth-order valence-corrected chi connectivity index (χ4v) is 4.46. The SMILES string of the molecule is O=C(Nc1nc(-c2cccc3ccccc23)cs1)c1ccc(-c2cccc(Cl)c2Cl)o1. The van der Waals surface area contributed by atoms with Crippen molar-refractivity contribution in [2.24, 2.45) is 0 Å². The minimum absolute atomic E-state index is 0.160. The first-order valence-corrected chi connectivity index (χ1v) is 11.0. The molecule has 5 aromatic rings. The number of benzene rings is 3. The van der Waals surface area contributed by atoms with Gasteiger partial charge in [-0.05, 0) is 35.0 Å². The van der Waals surface area contributed by atoms with Crippen LogP contribution in [0.2, 0.25) is 10.0 Å². The molecule has 0 spiro atoms. The maximum Gasteiger partial charge on any atom is 0.293 e. The number of anilines is 1. The van der Waals surface area contributed by atoms with Gasteiger partial charge in [0.25, 0.3) is 5.91 Å². The molecule has 1 N–H and O–H groups in total. The van der Waals surface area contributed by atoms with E-state index in [9.17, 15) is 4.79 Å². The average molecular weight is 465 g/mol. The summed E-state index contributed by atoms with van der Waals surface area (Å²) in [7, 11) is 0. The van der Waals surface area contributed by atoms with Gasteiger partial charge in [0.2, 0.25) is 0 Å². The molecule has 31 heavy (non-hydrogen) atoms. The van der Waals surface area contributed by atoms with Gasteiger partial charge in [-0.1, -0.05) is 71.7 Å². The van der Waals surface area contributed by atoms with E-state index in [2.05, 4.69) is 28.5 Å². The Bertz CT molecular complexity index is 1420. The Hall–Kier alpha value is -3.12. The minimum Gasteiger partial charge on any atom is -0.451 e. The van der Waals surface area contributed by atoms with Crippen LogP contribution in [0.5, 0.6) is 0 Å². The lowest BCUT2D eigenvalue weighted by atomic mass is 10.0. The number of hydrogen-bond acceptors (Lipinski definition) is 4. The molecule has 2 heterocycles. The topological polar surface area (TPSA) is 55.1 Å². The molecule has 152 valence electrons. The summed E-state index contributed by atoms with van der Waals surface area (Å²) in [4.78, 5) is 17.3. The van der Waals surface area contributed by atoms with E-state index in [0.717, 1.165) is 22.0 Å². The number of nitrogens with one attached hydrogen (secondary N) is 1. The van der Waals surface area contributed by atoms with E-state index >= 15 is 0 Å². The summed E-state index contributed by atoms with van der Waals surface area (Å²) in [5, 5.41) is 8.28. The predicted octanol–water partition coefficient (Wildman–Crippen LogP) is 7.78. The maximum absolute atomic E-state index is 12.7. The standard InChI is InChI=1S/C24H14Cl2N2O2S/c25-18-10-4-9-17(22(18)26)20-11-12-21(30-20)23(29)28-24-27-19(13-31-24)16-8-3-6-14-5-1-2-7-15(14)16/h1-13H,(H,27,28,29). The van der Waals surface area contributed by atoms with Crippen molar-refractivity contribution < 1.29 is 9.21 Å². The Morgan fingerprint density at radius 1 is 0.903 bits per heavy atom. The molecule has 0 fully saturated rings. The predicted molar refractivity (Wildman–Crippen MR) is 127 cm³/mol. The molecule has 7 heteroatoms. The smallest absolute Gasteiger partial charge is 0.293 e. The molecule has 0 aliphatic heterocycles. The fourth-order valence-electron chi connectivity index (χ4n) is 3.36. The molecule has 0 aliphatic rings. The van der Waals surface area contributed by atoms with Crippen LogP contribution in [0.4, 0.5) is 5.13 Å². The maximum atomic E-state index is 12.7. The second kappa shape index (κ2) is 8.19. The van der Waals surface area contributed by atoms with Gasteiger partial charge in [-0.3, -0.25) is 10.1 Å². The van der Waals surface area contributed by atoms with Crippen molar-refractivity contribution in [2.45, 2.75) is 0 Å². The number of amides is 1. The van der Waals surface area contributed by atoms with Crippen molar-refractivity contribution in [1.29, 1.82) is 0 Å². The summed E-state index contributed by atoms with van der Waals surface area (Å²) >= 11 is 13.7. The molecular weight excluding hydrogens is 451 g/mol. The lowest BCUT2D eigenvalue weighted by molar-refractivity contribution is 0.0997. The van der Waals surface area contributed by atoms with E-state index in [1.165, 1.54) is 11.3 Å². The van der Waals surface area contributed by atoms with Gasteiger partial charge in [0.1, 0.15) is 5.76 Å². The molecule has 0 bridgehead atoms. The van der Waals surface area contributed by atoms with Gasteiger partial charge in [0.05, 0.1) is 15.7 Å². The Morgan fingerprint density at radius 3 is 2.58 bits per heavy atom. The third-order valence-electron chi connectivity index (χ3n) is 4.84. The fraction of sp³-hybridized carbons (Fsp3) is 0. The third-order valence-corrected chi connectivity index (χ3v) is 6.41. The van der Waals surface area contributed by atoms with Crippen LogP contribution in [0.3, 0.4) is 0 Å². The summed E-state index contributed by atoms with van der Waals surface area (Å²) in [5.74, 6) is 0.240. The van der Waals surface area contributed by atoms with Crippen molar-refractivity contribution in [2.75, 3.05) is 5.32 Å². The van der Waals surface area contributed by atoms with E-state index < -0.39 is 0 Å². The van der Waals surface area contributed by atoms with Gasteiger partial charge >= 0.3 is 0 Å². The second-order valence-corrected chi connectivity index (χ2v) is 8.43. The molecule has 0 atom stereocenters. The Morgan fingerprint density at radius 2 is 1.68 bits per heavy atom. The number of thiazole rings is 1. The van der Waals surface area contributed by atoms with Crippen LogP contribution in [0.15, 0.2) is 82.6 Å². The molecule has 0 aliphatic carbocycles. The van der Waals surface area contributed by atoms with E-state index in [0.29, 0.717) is 26.5 Å². The number of aromatic nitrogens is 1. The summed E-state index contributed by atoms with van der Waals surface area (Å²) < 4.78 is 5.71. The number of halogens is 2. The van der Waals surface area contributed by atoms with Gasteiger partial charge in [0.15, 0.2) is 10.9 Å².